The Morgan fingerprint density at radius 2 is 1.70 bits per heavy atom. The van der Waals surface area contributed by atoms with Crippen molar-refractivity contribution in [3.8, 4) is 5.75 Å². The molecule has 0 radical (unpaired) electrons. The maximum atomic E-state index is 11.7. The first-order valence-electron chi connectivity index (χ1n) is 9.09. The average molecular weight is 316 g/mol. The van der Waals surface area contributed by atoms with Crippen LogP contribution in [0.3, 0.4) is 0 Å². The minimum atomic E-state index is 0.681. The van der Waals surface area contributed by atoms with E-state index in [1.54, 1.807) is 0 Å². The molecule has 2 saturated heterocycles. The SMILES string of the molecule is CCCCOc1cc(N2CCCC2)cc(N2CCCC2)c1C=O. The van der Waals surface area contributed by atoms with E-state index in [0.29, 0.717) is 6.61 Å². The van der Waals surface area contributed by atoms with Gasteiger partial charge in [0.1, 0.15) is 5.75 Å². The molecule has 2 heterocycles. The number of rotatable bonds is 7. The molecule has 4 nitrogen and oxygen atoms in total. The van der Waals surface area contributed by atoms with Crippen molar-refractivity contribution in [2.75, 3.05) is 42.6 Å². The molecular weight excluding hydrogens is 288 g/mol. The molecule has 2 fully saturated rings. The molecule has 1 aromatic carbocycles. The summed E-state index contributed by atoms with van der Waals surface area (Å²) in [5.74, 6) is 0.764. The summed E-state index contributed by atoms with van der Waals surface area (Å²) in [6, 6.07) is 4.28. The third-order valence-electron chi connectivity index (χ3n) is 4.90. The predicted octanol–water partition coefficient (Wildman–Crippen LogP) is 3.88. The third-order valence-corrected chi connectivity index (χ3v) is 4.90. The Kier molecular flexibility index (Phi) is 5.42. The number of carbonyl (C=O) groups excluding carboxylic acids is 1. The van der Waals surface area contributed by atoms with Crippen LogP contribution in [0.1, 0.15) is 55.8 Å². The Balaban J connectivity index is 1.95. The van der Waals surface area contributed by atoms with E-state index in [1.807, 2.05) is 0 Å². The molecule has 0 atom stereocenters. The van der Waals surface area contributed by atoms with Gasteiger partial charge in [0, 0.05) is 37.9 Å². The molecule has 1 aromatic rings. The Morgan fingerprint density at radius 3 is 2.30 bits per heavy atom. The zero-order valence-corrected chi connectivity index (χ0v) is 14.2. The number of aldehydes is 1. The van der Waals surface area contributed by atoms with E-state index in [0.717, 1.165) is 62.3 Å². The number of ether oxygens (including phenoxy) is 1. The summed E-state index contributed by atoms with van der Waals surface area (Å²) < 4.78 is 5.98. The van der Waals surface area contributed by atoms with Crippen molar-refractivity contribution in [2.45, 2.75) is 45.4 Å². The molecule has 0 aromatic heterocycles. The normalized spacial score (nSPS) is 17.8. The van der Waals surface area contributed by atoms with Gasteiger partial charge >= 0.3 is 0 Å². The van der Waals surface area contributed by atoms with Crippen LogP contribution in [0.25, 0.3) is 0 Å². The van der Waals surface area contributed by atoms with E-state index < -0.39 is 0 Å². The highest BCUT2D eigenvalue weighted by molar-refractivity contribution is 5.91. The maximum absolute atomic E-state index is 11.7. The fourth-order valence-corrected chi connectivity index (χ4v) is 3.54. The monoisotopic (exact) mass is 316 g/mol. The van der Waals surface area contributed by atoms with Gasteiger partial charge in [0.05, 0.1) is 17.9 Å². The number of hydrogen-bond donors (Lipinski definition) is 0. The second-order valence-corrected chi connectivity index (χ2v) is 6.58. The lowest BCUT2D eigenvalue weighted by atomic mass is 10.1. The van der Waals surface area contributed by atoms with Crippen molar-refractivity contribution in [1.82, 2.24) is 0 Å². The van der Waals surface area contributed by atoms with Crippen LogP contribution in [0.2, 0.25) is 0 Å². The first kappa shape index (κ1) is 16.2. The Morgan fingerprint density at radius 1 is 1.04 bits per heavy atom. The van der Waals surface area contributed by atoms with Gasteiger partial charge in [-0.05, 0) is 38.2 Å². The largest absolute Gasteiger partial charge is 0.493 e. The number of nitrogens with zero attached hydrogens (tertiary/aromatic N) is 2. The molecule has 0 unspecified atom stereocenters. The molecule has 23 heavy (non-hydrogen) atoms. The van der Waals surface area contributed by atoms with Crippen LogP contribution in [0.5, 0.6) is 5.75 Å². The van der Waals surface area contributed by atoms with Gasteiger partial charge in [-0.2, -0.15) is 0 Å². The lowest BCUT2D eigenvalue weighted by molar-refractivity contribution is 0.112. The topological polar surface area (TPSA) is 32.8 Å². The van der Waals surface area contributed by atoms with Gasteiger partial charge < -0.3 is 14.5 Å². The number of carbonyl (C=O) groups is 1. The van der Waals surface area contributed by atoms with Gasteiger partial charge in [-0.25, -0.2) is 0 Å². The van der Waals surface area contributed by atoms with Crippen molar-refractivity contribution in [1.29, 1.82) is 0 Å². The zero-order chi connectivity index (χ0) is 16.1. The molecule has 2 aliphatic heterocycles. The molecule has 0 amide bonds. The first-order valence-corrected chi connectivity index (χ1v) is 9.09. The lowest BCUT2D eigenvalue weighted by Gasteiger charge is -2.26. The van der Waals surface area contributed by atoms with Gasteiger partial charge in [0.2, 0.25) is 0 Å². The van der Waals surface area contributed by atoms with Crippen LogP contribution >= 0.6 is 0 Å². The van der Waals surface area contributed by atoms with Crippen molar-refractivity contribution < 1.29 is 9.53 Å². The highest BCUT2D eigenvalue weighted by atomic mass is 16.5. The van der Waals surface area contributed by atoms with Crippen LogP contribution in [0, 0.1) is 0 Å². The highest BCUT2D eigenvalue weighted by Gasteiger charge is 2.22. The zero-order valence-electron chi connectivity index (χ0n) is 14.2. The second-order valence-electron chi connectivity index (χ2n) is 6.58. The van der Waals surface area contributed by atoms with Crippen molar-refractivity contribution in [2.24, 2.45) is 0 Å². The summed E-state index contributed by atoms with van der Waals surface area (Å²) in [5, 5.41) is 0. The summed E-state index contributed by atoms with van der Waals surface area (Å²) in [5.41, 5.74) is 3.00. The Bertz CT molecular complexity index is 532. The molecule has 126 valence electrons. The van der Waals surface area contributed by atoms with Crippen LogP contribution in [0.4, 0.5) is 11.4 Å². The average Bonchev–Trinajstić information content (AvgIpc) is 3.27. The van der Waals surface area contributed by atoms with Gasteiger partial charge in [-0.15, -0.1) is 0 Å². The van der Waals surface area contributed by atoms with E-state index in [4.69, 9.17) is 4.74 Å². The smallest absolute Gasteiger partial charge is 0.155 e. The summed E-state index contributed by atoms with van der Waals surface area (Å²) in [7, 11) is 0. The van der Waals surface area contributed by atoms with Crippen molar-refractivity contribution in [3.05, 3.63) is 17.7 Å². The number of unbranched alkanes of at least 4 members (excludes halogenated alkanes) is 1. The number of hydrogen-bond acceptors (Lipinski definition) is 4. The van der Waals surface area contributed by atoms with E-state index in [1.165, 1.54) is 31.4 Å². The molecular formula is C19H28N2O2. The third kappa shape index (κ3) is 3.62. The molecule has 2 aliphatic rings. The van der Waals surface area contributed by atoms with Gasteiger partial charge in [-0.1, -0.05) is 13.3 Å². The Labute approximate surface area is 139 Å². The van der Waals surface area contributed by atoms with Gasteiger partial charge in [0.25, 0.3) is 0 Å². The van der Waals surface area contributed by atoms with E-state index >= 15 is 0 Å². The molecule has 0 bridgehead atoms. The summed E-state index contributed by atoms with van der Waals surface area (Å²) in [6.07, 6.45) is 8.01. The standard InChI is InChI=1S/C19H28N2O2/c1-2-3-12-23-19-14-16(20-8-4-5-9-20)13-18(17(19)15-22)21-10-6-7-11-21/h13-15H,2-12H2,1H3. The quantitative estimate of drug-likeness (QED) is 0.564. The maximum Gasteiger partial charge on any atom is 0.155 e. The van der Waals surface area contributed by atoms with E-state index in [9.17, 15) is 4.79 Å². The minimum Gasteiger partial charge on any atom is -0.493 e. The molecule has 3 rings (SSSR count). The summed E-state index contributed by atoms with van der Waals surface area (Å²) in [4.78, 5) is 16.5. The molecule has 4 heteroatoms. The van der Waals surface area contributed by atoms with Crippen LogP contribution in [-0.4, -0.2) is 39.1 Å². The summed E-state index contributed by atoms with van der Waals surface area (Å²) in [6.45, 7) is 7.13. The molecule has 0 spiro atoms. The molecule has 0 aliphatic carbocycles. The van der Waals surface area contributed by atoms with E-state index in [2.05, 4.69) is 28.9 Å². The number of benzene rings is 1. The van der Waals surface area contributed by atoms with Crippen LogP contribution in [-0.2, 0) is 0 Å². The minimum absolute atomic E-state index is 0.681. The van der Waals surface area contributed by atoms with E-state index in [-0.39, 0.29) is 0 Å². The Hall–Kier alpha value is -1.71. The second kappa shape index (κ2) is 7.71. The fourth-order valence-electron chi connectivity index (χ4n) is 3.54. The van der Waals surface area contributed by atoms with Crippen molar-refractivity contribution >= 4 is 17.7 Å². The van der Waals surface area contributed by atoms with Gasteiger partial charge in [-0.3, -0.25) is 4.79 Å². The summed E-state index contributed by atoms with van der Waals surface area (Å²) >= 11 is 0. The molecule has 0 saturated carbocycles. The highest BCUT2D eigenvalue weighted by Crippen LogP contribution is 2.36. The van der Waals surface area contributed by atoms with Gasteiger partial charge in [0.15, 0.2) is 6.29 Å². The van der Waals surface area contributed by atoms with Crippen LogP contribution in [0.15, 0.2) is 12.1 Å². The fraction of sp³-hybridized carbons (Fsp3) is 0.632. The predicted molar refractivity (Wildman–Crippen MR) is 95.1 cm³/mol. The molecule has 0 N–H and O–H groups in total. The lowest BCUT2D eigenvalue weighted by Crippen LogP contribution is -2.22. The van der Waals surface area contributed by atoms with Crippen molar-refractivity contribution in [3.63, 3.8) is 0 Å². The number of anilines is 2. The van der Waals surface area contributed by atoms with Crippen LogP contribution < -0.4 is 14.5 Å². The first-order chi connectivity index (χ1) is 11.3.